The third-order valence-electron chi connectivity index (χ3n) is 2.87. The van der Waals surface area contributed by atoms with E-state index < -0.39 is 0 Å². The zero-order valence-corrected chi connectivity index (χ0v) is 9.51. The van der Waals surface area contributed by atoms with Gasteiger partial charge in [0, 0.05) is 24.2 Å². The fraction of sp³-hybridized carbons (Fsp3) is 0.308. The lowest BCUT2D eigenvalue weighted by Crippen LogP contribution is -2.24. The van der Waals surface area contributed by atoms with E-state index in [1.54, 1.807) is 29.2 Å². The van der Waals surface area contributed by atoms with Gasteiger partial charge in [-0.25, -0.2) is 0 Å². The van der Waals surface area contributed by atoms with Crippen LogP contribution in [0, 0.1) is 17.2 Å². The maximum absolute atomic E-state index is 11.7. The third kappa shape index (κ3) is 2.18. The summed E-state index contributed by atoms with van der Waals surface area (Å²) in [5, 5.41) is 8.81. The molecule has 1 aliphatic rings. The van der Waals surface area contributed by atoms with Crippen LogP contribution in [0.1, 0.15) is 23.7 Å². The number of ketones is 1. The maximum atomic E-state index is 11.7. The Balaban J connectivity index is 2.29. The summed E-state index contributed by atoms with van der Waals surface area (Å²) in [4.78, 5) is 24.5. The number of carbonyl (C=O) groups is 2. The van der Waals surface area contributed by atoms with Crippen LogP contribution in [0.4, 0.5) is 5.69 Å². The second-order valence-corrected chi connectivity index (χ2v) is 4.14. The van der Waals surface area contributed by atoms with Crippen LogP contribution in [-0.4, -0.2) is 18.2 Å². The lowest BCUT2D eigenvalue weighted by Gasteiger charge is -2.16. The molecule has 0 aromatic heterocycles. The molecule has 1 atom stereocenters. The van der Waals surface area contributed by atoms with Crippen molar-refractivity contribution < 1.29 is 9.59 Å². The second-order valence-electron chi connectivity index (χ2n) is 4.14. The van der Waals surface area contributed by atoms with Gasteiger partial charge in [0.25, 0.3) is 0 Å². The third-order valence-corrected chi connectivity index (χ3v) is 2.87. The molecule has 1 unspecified atom stereocenters. The Labute approximate surface area is 99.5 Å². The van der Waals surface area contributed by atoms with Crippen LogP contribution in [0.5, 0.6) is 0 Å². The SMILES string of the molecule is CC(=O)c1cccc(N2CC(C#N)CC2=O)c1. The number of nitrogens with zero attached hydrogens (tertiary/aromatic N) is 2. The molecule has 1 heterocycles. The van der Waals surface area contributed by atoms with Gasteiger partial charge in [0.2, 0.25) is 5.91 Å². The Kier molecular flexibility index (Phi) is 2.92. The van der Waals surface area contributed by atoms with Gasteiger partial charge < -0.3 is 4.90 Å². The molecule has 1 amide bonds. The highest BCUT2D eigenvalue weighted by molar-refractivity contribution is 5.99. The van der Waals surface area contributed by atoms with E-state index in [4.69, 9.17) is 5.26 Å². The largest absolute Gasteiger partial charge is 0.311 e. The fourth-order valence-corrected chi connectivity index (χ4v) is 1.94. The molecule has 2 rings (SSSR count). The van der Waals surface area contributed by atoms with Crippen molar-refractivity contribution in [2.75, 3.05) is 11.4 Å². The highest BCUT2D eigenvalue weighted by Crippen LogP contribution is 2.25. The lowest BCUT2D eigenvalue weighted by molar-refractivity contribution is -0.117. The summed E-state index contributed by atoms with van der Waals surface area (Å²) in [5.74, 6) is -0.337. The number of rotatable bonds is 2. The summed E-state index contributed by atoms with van der Waals surface area (Å²) >= 11 is 0. The molecule has 0 saturated carbocycles. The summed E-state index contributed by atoms with van der Waals surface area (Å²) in [6.45, 7) is 1.90. The Morgan fingerprint density at radius 2 is 2.29 bits per heavy atom. The van der Waals surface area contributed by atoms with Crippen molar-refractivity contribution in [2.24, 2.45) is 5.92 Å². The van der Waals surface area contributed by atoms with E-state index >= 15 is 0 Å². The van der Waals surface area contributed by atoms with Crippen molar-refractivity contribution in [3.63, 3.8) is 0 Å². The molecule has 1 aromatic rings. The zero-order valence-electron chi connectivity index (χ0n) is 9.51. The van der Waals surface area contributed by atoms with E-state index in [1.807, 2.05) is 0 Å². The normalized spacial score (nSPS) is 19.2. The van der Waals surface area contributed by atoms with Gasteiger partial charge in [-0.05, 0) is 19.1 Å². The molecule has 0 spiro atoms. The van der Waals surface area contributed by atoms with Crippen molar-refractivity contribution in [3.8, 4) is 6.07 Å². The van der Waals surface area contributed by atoms with Gasteiger partial charge >= 0.3 is 0 Å². The van der Waals surface area contributed by atoms with Gasteiger partial charge in [0.05, 0.1) is 12.0 Å². The van der Waals surface area contributed by atoms with Crippen molar-refractivity contribution in [1.29, 1.82) is 5.26 Å². The van der Waals surface area contributed by atoms with Gasteiger partial charge in [0.15, 0.2) is 5.78 Å². The zero-order chi connectivity index (χ0) is 12.4. The Morgan fingerprint density at radius 1 is 1.53 bits per heavy atom. The van der Waals surface area contributed by atoms with Crippen LogP contribution in [-0.2, 0) is 4.79 Å². The number of anilines is 1. The smallest absolute Gasteiger partial charge is 0.228 e. The summed E-state index contributed by atoms with van der Waals surface area (Å²) in [6, 6.07) is 9.04. The molecule has 0 aliphatic carbocycles. The van der Waals surface area contributed by atoms with Crippen LogP contribution in [0.3, 0.4) is 0 Å². The van der Waals surface area contributed by atoms with Gasteiger partial charge in [-0.2, -0.15) is 5.26 Å². The van der Waals surface area contributed by atoms with Crippen molar-refractivity contribution in [3.05, 3.63) is 29.8 Å². The van der Waals surface area contributed by atoms with E-state index in [-0.39, 0.29) is 24.0 Å². The predicted molar refractivity (Wildman–Crippen MR) is 62.5 cm³/mol. The van der Waals surface area contributed by atoms with Gasteiger partial charge in [0.1, 0.15) is 0 Å². The van der Waals surface area contributed by atoms with Crippen LogP contribution < -0.4 is 4.90 Å². The Hall–Kier alpha value is -2.15. The minimum Gasteiger partial charge on any atom is -0.311 e. The fourth-order valence-electron chi connectivity index (χ4n) is 1.94. The number of nitriles is 1. The van der Waals surface area contributed by atoms with Crippen LogP contribution >= 0.6 is 0 Å². The minimum absolute atomic E-state index is 0.0321. The molecule has 0 N–H and O–H groups in total. The number of benzene rings is 1. The highest BCUT2D eigenvalue weighted by Gasteiger charge is 2.30. The lowest BCUT2D eigenvalue weighted by atomic mass is 10.1. The van der Waals surface area contributed by atoms with Crippen molar-refractivity contribution in [2.45, 2.75) is 13.3 Å². The average molecular weight is 228 g/mol. The summed E-state index contributed by atoms with van der Waals surface area (Å²) in [6.07, 6.45) is 0.265. The van der Waals surface area contributed by atoms with Gasteiger partial charge in [-0.1, -0.05) is 12.1 Å². The minimum atomic E-state index is -0.247. The van der Waals surface area contributed by atoms with E-state index in [1.165, 1.54) is 6.92 Å². The first kappa shape index (κ1) is 11.3. The Bertz CT molecular complexity index is 516. The standard InChI is InChI=1S/C13H12N2O2/c1-9(16)11-3-2-4-12(6-11)15-8-10(7-14)5-13(15)17/h2-4,6,10H,5,8H2,1H3. The molecule has 1 saturated heterocycles. The quantitative estimate of drug-likeness (QED) is 0.725. The Morgan fingerprint density at radius 3 is 2.88 bits per heavy atom. The number of hydrogen-bond acceptors (Lipinski definition) is 3. The molecule has 1 aliphatic heterocycles. The van der Waals surface area contributed by atoms with Crippen LogP contribution in [0.2, 0.25) is 0 Å². The molecular weight excluding hydrogens is 216 g/mol. The second kappa shape index (κ2) is 4.38. The van der Waals surface area contributed by atoms with Gasteiger partial charge in [-0.15, -0.1) is 0 Å². The summed E-state index contributed by atoms with van der Waals surface area (Å²) < 4.78 is 0. The first-order valence-corrected chi connectivity index (χ1v) is 5.43. The molecule has 4 nitrogen and oxygen atoms in total. The number of carbonyl (C=O) groups excluding carboxylic acids is 2. The van der Waals surface area contributed by atoms with Crippen LogP contribution in [0.25, 0.3) is 0 Å². The molecular formula is C13H12N2O2. The van der Waals surface area contributed by atoms with E-state index in [0.29, 0.717) is 17.8 Å². The molecule has 4 heteroatoms. The van der Waals surface area contributed by atoms with Crippen molar-refractivity contribution in [1.82, 2.24) is 0 Å². The summed E-state index contributed by atoms with van der Waals surface area (Å²) in [5.41, 5.74) is 1.27. The molecule has 86 valence electrons. The maximum Gasteiger partial charge on any atom is 0.228 e. The first-order chi connectivity index (χ1) is 8.11. The first-order valence-electron chi connectivity index (χ1n) is 5.43. The number of hydrogen-bond donors (Lipinski definition) is 0. The topological polar surface area (TPSA) is 61.2 Å². The predicted octanol–water partition coefficient (Wildman–Crippen LogP) is 1.77. The van der Waals surface area contributed by atoms with Crippen molar-refractivity contribution >= 4 is 17.4 Å². The molecule has 0 radical (unpaired) electrons. The molecule has 17 heavy (non-hydrogen) atoms. The van der Waals surface area contributed by atoms with E-state index in [0.717, 1.165) is 0 Å². The highest BCUT2D eigenvalue weighted by atomic mass is 16.2. The van der Waals surface area contributed by atoms with E-state index in [2.05, 4.69) is 6.07 Å². The molecule has 1 aromatic carbocycles. The molecule has 1 fully saturated rings. The van der Waals surface area contributed by atoms with E-state index in [9.17, 15) is 9.59 Å². The number of Topliss-reactive ketones (excluding diaryl/α,β-unsaturated/α-hetero) is 1. The molecule has 0 bridgehead atoms. The monoisotopic (exact) mass is 228 g/mol. The summed E-state index contributed by atoms with van der Waals surface area (Å²) in [7, 11) is 0. The van der Waals surface area contributed by atoms with Gasteiger partial charge in [-0.3, -0.25) is 9.59 Å². The number of amides is 1. The average Bonchev–Trinajstić information content (AvgIpc) is 2.71. The van der Waals surface area contributed by atoms with Crippen LogP contribution in [0.15, 0.2) is 24.3 Å².